The van der Waals surface area contributed by atoms with Crippen LogP contribution in [-0.4, -0.2) is 31.8 Å². The molecule has 0 saturated carbocycles. The number of esters is 1. The van der Waals surface area contributed by atoms with E-state index in [0.717, 1.165) is 10.5 Å². The minimum atomic E-state index is -0.444. The number of furan rings is 1. The van der Waals surface area contributed by atoms with Crippen LogP contribution < -0.4 is 4.90 Å². The summed E-state index contributed by atoms with van der Waals surface area (Å²) in [4.78, 5) is 13.8. The molecule has 130 valence electrons. The Kier molecular flexibility index (Phi) is 4.76. The summed E-state index contributed by atoms with van der Waals surface area (Å²) in [5, 5.41) is 11.0. The molecule has 0 radical (unpaired) electrons. The summed E-state index contributed by atoms with van der Waals surface area (Å²) in [5.41, 5.74) is 2.42. The Morgan fingerprint density at radius 2 is 1.88 bits per heavy atom. The molecule has 0 unspecified atom stereocenters. The third-order valence-electron chi connectivity index (χ3n) is 3.98. The zero-order chi connectivity index (χ0) is 18.0. The van der Waals surface area contributed by atoms with Gasteiger partial charge in [0.25, 0.3) is 0 Å². The molecule has 2 aromatic carbocycles. The van der Waals surface area contributed by atoms with Crippen molar-refractivity contribution in [3.63, 3.8) is 0 Å². The van der Waals surface area contributed by atoms with E-state index in [1.165, 1.54) is 0 Å². The molecule has 0 aliphatic heterocycles. The summed E-state index contributed by atoms with van der Waals surface area (Å²) in [7, 11) is 3.97. The molecule has 1 heterocycles. The van der Waals surface area contributed by atoms with Gasteiger partial charge < -0.3 is 19.2 Å². The molecule has 0 spiro atoms. The lowest BCUT2D eigenvalue weighted by molar-refractivity contribution is -0.872. The number of nitrogens with one attached hydrogen (secondary N) is 1. The van der Waals surface area contributed by atoms with Crippen molar-refractivity contribution in [2.45, 2.75) is 13.5 Å². The minimum absolute atomic E-state index is 0.152. The summed E-state index contributed by atoms with van der Waals surface area (Å²) in [6.45, 7) is 2.60. The van der Waals surface area contributed by atoms with Crippen LogP contribution in [0.25, 0.3) is 22.3 Å². The van der Waals surface area contributed by atoms with Gasteiger partial charge in [-0.1, -0.05) is 30.3 Å². The van der Waals surface area contributed by atoms with Gasteiger partial charge >= 0.3 is 5.97 Å². The first-order valence-corrected chi connectivity index (χ1v) is 8.31. The molecular weight excluding hydrogens is 318 g/mol. The van der Waals surface area contributed by atoms with Gasteiger partial charge in [-0.15, -0.1) is 0 Å². The van der Waals surface area contributed by atoms with Gasteiger partial charge in [0.2, 0.25) is 0 Å². The topological polar surface area (TPSA) is 64.1 Å². The number of rotatable bonds is 5. The van der Waals surface area contributed by atoms with Crippen LogP contribution in [0.5, 0.6) is 5.75 Å². The van der Waals surface area contributed by atoms with Gasteiger partial charge in [-0.05, 0) is 19.1 Å². The molecule has 0 saturated heterocycles. The largest absolute Gasteiger partial charge is 0.507 e. The van der Waals surface area contributed by atoms with Gasteiger partial charge in [0.15, 0.2) is 0 Å². The van der Waals surface area contributed by atoms with Crippen LogP contribution in [0.2, 0.25) is 0 Å². The molecule has 5 nitrogen and oxygen atoms in total. The SMILES string of the molecule is CCOC(=O)c1c(-c2ccccc2)oc2ccc(O)c(C[NH+](C)C)c12. The highest BCUT2D eigenvalue weighted by Gasteiger charge is 2.27. The first kappa shape index (κ1) is 17.0. The van der Waals surface area contributed by atoms with E-state index in [0.29, 0.717) is 34.4 Å². The Hall–Kier alpha value is -2.79. The van der Waals surface area contributed by atoms with Gasteiger partial charge in [0.1, 0.15) is 29.2 Å². The number of phenols is 1. The van der Waals surface area contributed by atoms with Crippen LogP contribution in [0.15, 0.2) is 46.9 Å². The maximum Gasteiger partial charge on any atom is 0.342 e. The van der Waals surface area contributed by atoms with Crippen molar-refractivity contribution >= 4 is 16.9 Å². The normalized spacial score (nSPS) is 11.2. The lowest BCUT2D eigenvalue weighted by Gasteiger charge is -2.11. The fourth-order valence-electron chi connectivity index (χ4n) is 2.97. The van der Waals surface area contributed by atoms with Gasteiger partial charge in [0, 0.05) is 10.9 Å². The van der Waals surface area contributed by atoms with E-state index in [1.54, 1.807) is 19.1 Å². The third kappa shape index (κ3) is 3.23. The van der Waals surface area contributed by atoms with Crippen molar-refractivity contribution in [1.82, 2.24) is 0 Å². The summed E-state index contributed by atoms with van der Waals surface area (Å²) in [5.74, 6) is 0.176. The molecule has 1 aromatic heterocycles. The number of fused-ring (bicyclic) bond motifs is 1. The smallest absolute Gasteiger partial charge is 0.342 e. The second-order valence-electron chi connectivity index (χ2n) is 6.21. The molecule has 0 bridgehead atoms. The molecule has 0 atom stereocenters. The predicted octanol–water partition coefficient (Wildman–Crippen LogP) is 2.63. The van der Waals surface area contributed by atoms with E-state index in [4.69, 9.17) is 9.15 Å². The number of carbonyl (C=O) groups excluding carboxylic acids is 1. The highest BCUT2D eigenvalue weighted by atomic mass is 16.5. The van der Waals surface area contributed by atoms with Crippen molar-refractivity contribution in [1.29, 1.82) is 0 Å². The van der Waals surface area contributed by atoms with Gasteiger partial charge in [-0.25, -0.2) is 4.79 Å². The summed E-state index contributed by atoms with van der Waals surface area (Å²) in [6, 6.07) is 12.7. The minimum Gasteiger partial charge on any atom is -0.507 e. The Balaban J connectivity index is 2.34. The van der Waals surface area contributed by atoms with E-state index in [2.05, 4.69) is 0 Å². The van der Waals surface area contributed by atoms with Crippen LogP contribution in [-0.2, 0) is 11.3 Å². The van der Waals surface area contributed by atoms with Crippen LogP contribution in [0, 0.1) is 0 Å². The first-order valence-electron chi connectivity index (χ1n) is 8.31. The quantitative estimate of drug-likeness (QED) is 0.701. The number of benzene rings is 2. The zero-order valence-corrected chi connectivity index (χ0v) is 14.6. The van der Waals surface area contributed by atoms with Crippen molar-refractivity contribution < 1.29 is 24.0 Å². The van der Waals surface area contributed by atoms with Crippen LogP contribution in [0.4, 0.5) is 0 Å². The number of quaternary nitrogens is 1. The molecule has 3 rings (SSSR count). The molecule has 0 aliphatic rings. The summed E-state index contributed by atoms with van der Waals surface area (Å²) in [6.07, 6.45) is 0. The maximum absolute atomic E-state index is 12.7. The molecule has 25 heavy (non-hydrogen) atoms. The predicted molar refractivity (Wildman–Crippen MR) is 95.8 cm³/mol. The van der Waals surface area contributed by atoms with E-state index >= 15 is 0 Å². The monoisotopic (exact) mass is 340 g/mol. The van der Waals surface area contributed by atoms with Crippen molar-refractivity contribution in [2.75, 3.05) is 20.7 Å². The van der Waals surface area contributed by atoms with Crippen LogP contribution in [0.3, 0.4) is 0 Å². The molecule has 3 aromatic rings. The number of aromatic hydroxyl groups is 1. The van der Waals surface area contributed by atoms with E-state index in [1.807, 2.05) is 44.4 Å². The van der Waals surface area contributed by atoms with Crippen molar-refractivity contribution in [3.8, 4) is 17.1 Å². The summed E-state index contributed by atoms with van der Waals surface area (Å²) >= 11 is 0. The summed E-state index contributed by atoms with van der Waals surface area (Å²) < 4.78 is 11.3. The molecule has 5 heteroatoms. The van der Waals surface area contributed by atoms with E-state index in [-0.39, 0.29) is 12.4 Å². The molecule has 2 N–H and O–H groups in total. The number of ether oxygens (including phenoxy) is 1. The lowest BCUT2D eigenvalue weighted by Crippen LogP contribution is -3.04. The average Bonchev–Trinajstić information content (AvgIpc) is 2.98. The Morgan fingerprint density at radius 1 is 1.16 bits per heavy atom. The van der Waals surface area contributed by atoms with Crippen molar-refractivity contribution in [3.05, 3.63) is 53.6 Å². The second kappa shape index (κ2) is 6.99. The zero-order valence-electron chi connectivity index (χ0n) is 14.6. The van der Waals surface area contributed by atoms with Crippen LogP contribution in [0.1, 0.15) is 22.8 Å². The van der Waals surface area contributed by atoms with E-state index in [9.17, 15) is 9.90 Å². The highest BCUT2D eigenvalue weighted by Crippen LogP contribution is 2.38. The lowest BCUT2D eigenvalue weighted by atomic mass is 10.0. The third-order valence-corrected chi connectivity index (χ3v) is 3.98. The fourth-order valence-corrected chi connectivity index (χ4v) is 2.97. The fraction of sp³-hybridized carbons (Fsp3) is 0.250. The Bertz CT molecular complexity index is 897. The number of carbonyl (C=O) groups is 1. The number of hydrogen-bond donors (Lipinski definition) is 2. The van der Waals surface area contributed by atoms with E-state index < -0.39 is 5.97 Å². The van der Waals surface area contributed by atoms with Gasteiger partial charge in [-0.3, -0.25) is 0 Å². The van der Waals surface area contributed by atoms with Crippen molar-refractivity contribution in [2.24, 2.45) is 0 Å². The molecule has 0 amide bonds. The number of hydrogen-bond acceptors (Lipinski definition) is 4. The maximum atomic E-state index is 12.7. The second-order valence-corrected chi connectivity index (χ2v) is 6.21. The molecule has 0 fully saturated rings. The average molecular weight is 340 g/mol. The van der Waals surface area contributed by atoms with Gasteiger partial charge in [0.05, 0.1) is 26.3 Å². The molecule has 0 aliphatic carbocycles. The number of phenolic OH excluding ortho intramolecular Hbond substituents is 1. The van der Waals surface area contributed by atoms with Gasteiger partial charge in [-0.2, -0.15) is 0 Å². The first-order chi connectivity index (χ1) is 12.0. The molecular formula is C20H22NO4+. The van der Waals surface area contributed by atoms with Crippen LogP contribution >= 0.6 is 0 Å². The Morgan fingerprint density at radius 3 is 2.52 bits per heavy atom. The highest BCUT2D eigenvalue weighted by molar-refractivity contribution is 6.10. The standard InChI is InChI=1S/C20H21NO4/c1-4-24-20(23)18-17-14(12-21(2)3)15(22)10-11-16(17)25-19(18)13-8-6-5-7-9-13/h5-11,22H,4,12H2,1-3H3/p+1. The Labute approximate surface area is 146 Å².